The summed E-state index contributed by atoms with van der Waals surface area (Å²) in [6.45, 7) is 1.88. The van der Waals surface area contributed by atoms with Gasteiger partial charge in [0.25, 0.3) is 0 Å². The Bertz CT molecular complexity index is 285. The molecule has 1 aliphatic heterocycles. The molecule has 0 aliphatic carbocycles. The van der Waals surface area contributed by atoms with Gasteiger partial charge in [0.05, 0.1) is 6.61 Å². The molecule has 1 aliphatic rings. The second kappa shape index (κ2) is 3.79. The number of nitrogens with one attached hydrogen (secondary N) is 1. The molecule has 13 heavy (non-hydrogen) atoms. The highest BCUT2D eigenvalue weighted by atomic mass is 16.5. The van der Waals surface area contributed by atoms with Gasteiger partial charge in [-0.05, 0) is 18.1 Å². The van der Waals surface area contributed by atoms with E-state index < -0.39 is 0 Å². The summed E-state index contributed by atoms with van der Waals surface area (Å²) >= 11 is 0. The minimum atomic E-state index is 0.625. The molecule has 1 aromatic rings. The summed E-state index contributed by atoms with van der Waals surface area (Å²) < 4.78 is 5.16. The van der Waals surface area contributed by atoms with Crippen LogP contribution in [0.15, 0.2) is 24.3 Å². The third-order valence-electron chi connectivity index (χ3n) is 2.51. The average molecular weight is 177 g/mol. The van der Waals surface area contributed by atoms with Crippen molar-refractivity contribution in [2.75, 3.05) is 25.6 Å². The van der Waals surface area contributed by atoms with Crippen LogP contribution in [0.3, 0.4) is 0 Å². The molecule has 2 heteroatoms. The summed E-state index contributed by atoms with van der Waals surface area (Å²) in [6.07, 6.45) is 1.14. The Balaban J connectivity index is 2.11. The first-order valence-electron chi connectivity index (χ1n) is 4.71. The molecule has 0 amide bonds. The van der Waals surface area contributed by atoms with Crippen LogP contribution in [0.5, 0.6) is 0 Å². The number of benzene rings is 1. The Kier molecular flexibility index (Phi) is 2.50. The topological polar surface area (TPSA) is 21.3 Å². The van der Waals surface area contributed by atoms with Crippen molar-refractivity contribution in [3.63, 3.8) is 0 Å². The highest BCUT2D eigenvalue weighted by Crippen LogP contribution is 2.23. The molecule has 1 N–H and O–H groups in total. The second-order valence-electron chi connectivity index (χ2n) is 3.56. The van der Waals surface area contributed by atoms with Gasteiger partial charge in [-0.3, -0.25) is 0 Å². The molecule has 1 aromatic carbocycles. The van der Waals surface area contributed by atoms with Crippen molar-refractivity contribution in [3.05, 3.63) is 29.8 Å². The normalized spacial score (nSPS) is 20.5. The molecule has 0 spiro atoms. The third kappa shape index (κ3) is 1.83. The first-order chi connectivity index (χ1) is 6.40. The third-order valence-corrected chi connectivity index (χ3v) is 2.51. The molecule has 70 valence electrons. The van der Waals surface area contributed by atoms with Crippen LogP contribution in [0.1, 0.15) is 5.56 Å². The quantitative estimate of drug-likeness (QED) is 0.745. The van der Waals surface area contributed by atoms with Gasteiger partial charge in [0.15, 0.2) is 0 Å². The van der Waals surface area contributed by atoms with Crippen LogP contribution in [0.2, 0.25) is 0 Å². The van der Waals surface area contributed by atoms with E-state index in [0.717, 1.165) is 19.6 Å². The summed E-state index contributed by atoms with van der Waals surface area (Å²) in [4.78, 5) is 0. The van der Waals surface area contributed by atoms with Gasteiger partial charge in [0, 0.05) is 25.3 Å². The smallest absolute Gasteiger partial charge is 0.0510 e. The van der Waals surface area contributed by atoms with Gasteiger partial charge in [0.1, 0.15) is 0 Å². The lowest BCUT2D eigenvalue weighted by Gasteiger charge is -2.25. The number of methoxy groups -OCH3 is 1. The molecular weight excluding hydrogens is 162 g/mol. The van der Waals surface area contributed by atoms with Gasteiger partial charge >= 0.3 is 0 Å². The van der Waals surface area contributed by atoms with E-state index in [0.29, 0.717) is 5.92 Å². The molecule has 2 nitrogen and oxygen atoms in total. The van der Waals surface area contributed by atoms with Crippen LogP contribution in [-0.4, -0.2) is 20.3 Å². The van der Waals surface area contributed by atoms with E-state index in [-0.39, 0.29) is 0 Å². The van der Waals surface area contributed by atoms with Gasteiger partial charge < -0.3 is 10.1 Å². The van der Waals surface area contributed by atoms with E-state index in [1.54, 1.807) is 7.11 Å². The lowest BCUT2D eigenvalue weighted by molar-refractivity contribution is 0.156. The van der Waals surface area contributed by atoms with Crippen molar-refractivity contribution < 1.29 is 4.74 Å². The lowest BCUT2D eigenvalue weighted by Crippen LogP contribution is -2.26. The van der Waals surface area contributed by atoms with E-state index in [4.69, 9.17) is 4.74 Å². The first kappa shape index (κ1) is 8.57. The fourth-order valence-corrected chi connectivity index (χ4v) is 1.86. The van der Waals surface area contributed by atoms with Crippen molar-refractivity contribution in [3.8, 4) is 0 Å². The van der Waals surface area contributed by atoms with Gasteiger partial charge in [-0.25, -0.2) is 0 Å². The van der Waals surface area contributed by atoms with E-state index in [1.807, 2.05) is 0 Å². The maximum Gasteiger partial charge on any atom is 0.0510 e. The van der Waals surface area contributed by atoms with Crippen LogP contribution in [0, 0.1) is 5.92 Å². The summed E-state index contributed by atoms with van der Waals surface area (Å²) in [7, 11) is 1.76. The van der Waals surface area contributed by atoms with Gasteiger partial charge in [-0.1, -0.05) is 18.2 Å². The SMILES string of the molecule is COC[C@H]1CNc2ccccc2C1. The maximum absolute atomic E-state index is 5.16. The maximum atomic E-state index is 5.16. The first-order valence-corrected chi connectivity index (χ1v) is 4.71. The molecule has 0 aromatic heterocycles. The Labute approximate surface area is 78.9 Å². The van der Waals surface area contributed by atoms with Crippen molar-refractivity contribution >= 4 is 5.69 Å². The number of hydrogen-bond acceptors (Lipinski definition) is 2. The van der Waals surface area contributed by atoms with Crippen LogP contribution in [0.4, 0.5) is 5.69 Å². The molecule has 0 saturated heterocycles. The molecule has 1 heterocycles. The predicted molar refractivity (Wildman–Crippen MR) is 54.0 cm³/mol. The van der Waals surface area contributed by atoms with Gasteiger partial charge in [0.2, 0.25) is 0 Å². The number of rotatable bonds is 2. The van der Waals surface area contributed by atoms with E-state index in [2.05, 4.69) is 29.6 Å². The predicted octanol–water partition coefficient (Wildman–Crippen LogP) is 1.92. The summed E-state index contributed by atoms with van der Waals surface area (Å²) in [6, 6.07) is 8.49. The average Bonchev–Trinajstić information content (AvgIpc) is 2.18. The number of hydrogen-bond donors (Lipinski definition) is 1. The number of anilines is 1. The zero-order chi connectivity index (χ0) is 9.10. The minimum Gasteiger partial charge on any atom is -0.384 e. The monoisotopic (exact) mass is 177 g/mol. The molecule has 2 rings (SSSR count). The zero-order valence-electron chi connectivity index (χ0n) is 7.92. The van der Waals surface area contributed by atoms with E-state index in [9.17, 15) is 0 Å². The van der Waals surface area contributed by atoms with Crippen molar-refractivity contribution in [2.45, 2.75) is 6.42 Å². The zero-order valence-corrected chi connectivity index (χ0v) is 7.92. The Morgan fingerprint density at radius 2 is 2.31 bits per heavy atom. The summed E-state index contributed by atoms with van der Waals surface area (Å²) in [5, 5.41) is 3.42. The van der Waals surface area contributed by atoms with Gasteiger partial charge in [-0.15, -0.1) is 0 Å². The summed E-state index contributed by atoms with van der Waals surface area (Å²) in [5.41, 5.74) is 2.70. The molecule has 0 bridgehead atoms. The van der Waals surface area contributed by atoms with Crippen molar-refractivity contribution in [1.82, 2.24) is 0 Å². The molecule has 0 fully saturated rings. The van der Waals surface area contributed by atoms with Crippen LogP contribution >= 0.6 is 0 Å². The number of para-hydroxylation sites is 1. The molecule has 1 atom stereocenters. The minimum absolute atomic E-state index is 0.625. The fourth-order valence-electron chi connectivity index (χ4n) is 1.86. The molecular formula is C11H15NO. The van der Waals surface area contributed by atoms with Crippen LogP contribution in [0.25, 0.3) is 0 Å². The molecule has 0 unspecified atom stereocenters. The highest BCUT2D eigenvalue weighted by molar-refractivity contribution is 5.53. The standard InChI is InChI=1S/C11H15NO/c1-13-8-9-6-10-4-2-3-5-11(10)12-7-9/h2-5,9,12H,6-8H2,1H3/t9-/m1/s1. The summed E-state index contributed by atoms with van der Waals surface area (Å²) in [5.74, 6) is 0.625. The van der Waals surface area contributed by atoms with Crippen LogP contribution < -0.4 is 5.32 Å². The largest absolute Gasteiger partial charge is 0.384 e. The Morgan fingerprint density at radius 3 is 3.15 bits per heavy atom. The van der Waals surface area contributed by atoms with E-state index in [1.165, 1.54) is 11.3 Å². The fraction of sp³-hybridized carbons (Fsp3) is 0.455. The number of ether oxygens (including phenoxy) is 1. The number of fused-ring (bicyclic) bond motifs is 1. The highest BCUT2D eigenvalue weighted by Gasteiger charge is 2.16. The molecule has 0 saturated carbocycles. The second-order valence-corrected chi connectivity index (χ2v) is 3.56. The lowest BCUT2D eigenvalue weighted by atomic mass is 9.95. The molecule has 0 radical (unpaired) electrons. The Hall–Kier alpha value is -1.02. The van der Waals surface area contributed by atoms with Gasteiger partial charge in [-0.2, -0.15) is 0 Å². The van der Waals surface area contributed by atoms with Crippen LogP contribution in [-0.2, 0) is 11.2 Å². The van der Waals surface area contributed by atoms with Crippen molar-refractivity contribution in [2.24, 2.45) is 5.92 Å². The van der Waals surface area contributed by atoms with E-state index >= 15 is 0 Å². The Morgan fingerprint density at radius 1 is 1.46 bits per heavy atom. The van der Waals surface area contributed by atoms with Crippen molar-refractivity contribution in [1.29, 1.82) is 0 Å².